The average Bonchev–Trinajstić information content (AvgIpc) is 2.46. The van der Waals surface area contributed by atoms with Crippen LogP contribution in [0.3, 0.4) is 0 Å². The highest BCUT2D eigenvalue weighted by Crippen LogP contribution is 2.26. The van der Waals surface area contributed by atoms with E-state index in [1.807, 2.05) is 48.5 Å². The first-order chi connectivity index (χ1) is 9.66. The molecule has 104 valence electrons. The second kappa shape index (κ2) is 7.26. The minimum atomic E-state index is 0.365. The topological polar surface area (TPSA) is 44.5 Å². The molecule has 0 aromatic heterocycles. The number of hydrogen-bond donors (Lipinski definition) is 1. The Labute approximate surface area is 131 Å². The smallest absolute Gasteiger partial charge is 0.133 e. The molecular formula is C15H14BrNO2S. The maximum atomic E-state index is 5.64. The van der Waals surface area contributed by atoms with Crippen molar-refractivity contribution in [2.45, 2.75) is 0 Å². The highest BCUT2D eigenvalue weighted by atomic mass is 79.9. The van der Waals surface area contributed by atoms with Gasteiger partial charge in [-0.1, -0.05) is 30.4 Å². The van der Waals surface area contributed by atoms with Gasteiger partial charge in [0.15, 0.2) is 0 Å². The number of para-hydroxylation sites is 1. The minimum Gasteiger partial charge on any atom is -0.490 e. The van der Waals surface area contributed by atoms with Gasteiger partial charge in [-0.15, -0.1) is 0 Å². The second-order valence-corrected chi connectivity index (χ2v) is 5.31. The number of rotatable bonds is 6. The Bertz CT molecular complexity index is 590. The van der Waals surface area contributed by atoms with Crippen LogP contribution in [-0.4, -0.2) is 18.2 Å². The summed E-state index contributed by atoms with van der Waals surface area (Å²) in [4.78, 5) is 0.365. The van der Waals surface area contributed by atoms with E-state index in [0.717, 1.165) is 21.5 Å². The lowest BCUT2D eigenvalue weighted by Crippen LogP contribution is -2.11. The standard InChI is InChI=1S/C15H14BrNO2S/c16-13-10-11(15(17)20)6-7-14(13)19-9-8-18-12-4-2-1-3-5-12/h1-7,10H,8-9H2,(H2,17,20). The maximum Gasteiger partial charge on any atom is 0.133 e. The van der Waals surface area contributed by atoms with Crippen LogP contribution in [0.2, 0.25) is 0 Å². The zero-order chi connectivity index (χ0) is 14.4. The number of ether oxygens (including phenoxy) is 2. The van der Waals surface area contributed by atoms with Crippen molar-refractivity contribution in [1.29, 1.82) is 0 Å². The van der Waals surface area contributed by atoms with E-state index in [4.69, 9.17) is 27.4 Å². The number of benzene rings is 2. The van der Waals surface area contributed by atoms with E-state index in [2.05, 4.69) is 15.9 Å². The first-order valence-electron chi connectivity index (χ1n) is 6.07. The van der Waals surface area contributed by atoms with Crippen molar-refractivity contribution in [3.05, 3.63) is 58.6 Å². The minimum absolute atomic E-state index is 0.365. The Hall–Kier alpha value is -1.59. The molecule has 0 atom stereocenters. The third kappa shape index (κ3) is 4.21. The van der Waals surface area contributed by atoms with Crippen molar-refractivity contribution in [3.8, 4) is 11.5 Å². The molecule has 0 aliphatic carbocycles. The molecule has 0 aliphatic heterocycles. The van der Waals surface area contributed by atoms with Crippen LogP contribution in [0.15, 0.2) is 53.0 Å². The van der Waals surface area contributed by atoms with Gasteiger partial charge in [0, 0.05) is 5.56 Å². The van der Waals surface area contributed by atoms with E-state index in [-0.39, 0.29) is 0 Å². The number of nitrogens with two attached hydrogens (primary N) is 1. The van der Waals surface area contributed by atoms with Gasteiger partial charge in [0.1, 0.15) is 29.7 Å². The molecule has 20 heavy (non-hydrogen) atoms. The Morgan fingerprint density at radius 2 is 1.75 bits per heavy atom. The normalized spacial score (nSPS) is 10.1. The molecule has 0 saturated heterocycles. The molecule has 0 fully saturated rings. The Balaban J connectivity index is 1.84. The van der Waals surface area contributed by atoms with E-state index >= 15 is 0 Å². The second-order valence-electron chi connectivity index (χ2n) is 4.02. The van der Waals surface area contributed by atoms with E-state index < -0.39 is 0 Å². The van der Waals surface area contributed by atoms with Crippen LogP contribution in [-0.2, 0) is 0 Å². The molecule has 5 heteroatoms. The summed E-state index contributed by atoms with van der Waals surface area (Å²) in [6, 6.07) is 15.1. The van der Waals surface area contributed by atoms with Crippen LogP contribution in [0, 0.1) is 0 Å². The van der Waals surface area contributed by atoms with Crippen molar-refractivity contribution in [2.75, 3.05) is 13.2 Å². The van der Waals surface area contributed by atoms with Crippen molar-refractivity contribution >= 4 is 33.1 Å². The lowest BCUT2D eigenvalue weighted by molar-refractivity contribution is 0.216. The summed E-state index contributed by atoms with van der Waals surface area (Å²) in [7, 11) is 0. The first-order valence-corrected chi connectivity index (χ1v) is 7.27. The molecule has 2 N–H and O–H groups in total. The molecule has 2 aromatic rings. The molecule has 0 spiro atoms. The van der Waals surface area contributed by atoms with Gasteiger partial charge in [-0.25, -0.2) is 0 Å². The number of hydrogen-bond acceptors (Lipinski definition) is 3. The predicted molar refractivity (Wildman–Crippen MR) is 87.5 cm³/mol. The molecule has 0 aliphatic rings. The third-order valence-electron chi connectivity index (χ3n) is 2.57. The van der Waals surface area contributed by atoms with Gasteiger partial charge in [0.2, 0.25) is 0 Å². The van der Waals surface area contributed by atoms with Crippen LogP contribution in [0.5, 0.6) is 11.5 Å². The van der Waals surface area contributed by atoms with Crippen molar-refractivity contribution in [2.24, 2.45) is 5.73 Å². The molecular weight excluding hydrogens is 338 g/mol. The maximum absolute atomic E-state index is 5.64. The largest absolute Gasteiger partial charge is 0.490 e. The lowest BCUT2D eigenvalue weighted by Gasteiger charge is -2.10. The first kappa shape index (κ1) is 14.8. The number of thiocarbonyl (C=S) groups is 1. The van der Waals surface area contributed by atoms with E-state index in [0.29, 0.717) is 18.2 Å². The quantitative estimate of drug-likeness (QED) is 0.638. The number of halogens is 1. The lowest BCUT2D eigenvalue weighted by atomic mass is 10.2. The SMILES string of the molecule is NC(=S)c1ccc(OCCOc2ccccc2)c(Br)c1. The van der Waals surface area contributed by atoms with Gasteiger partial charge in [0.25, 0.3) is 0 Å². The Morgan fingerprint density at radius 1 is 1.05 bits per heavy atom. The molecule has 0 radical (unpaired) electrons. The van der Waals surface area contributed by atoms with E-state index in [9.17, 15) is 0 Å². The monoisotopic (exact) mass is 351 g/mol. The average molecular weight is 352 g/mol. The Kier molecular flexibility index (Phi) is 5.38. The summed E-state index contributed by atoms with van der Waals surface area (Å²) in [5.41, 5.74) is 6.37. The van der Waals surface area contributed by atoms with Gasteiger partial charge in [-0.2, -0.15) is 0 Å². The zero-order valence-electron chi connectivity index (χ0n) is 10.7. The van der Waals surface area contributed by atoms with Crippen LogP contribution in [0.25, 0.3) is 0 Å². The molecule has 3 nitrogen and oxygen atoms in total. The van der Waals surface area contributed by atoms with Crippen LogP contribution in [0.4, 0.5) is 0 Å². The molecule has 0 unspecified atom stereocenters. The van der Waals surface area contributed by atoms with Gasteiger partial charge in [0.05, 0.1) is 4.47 Å². The van der Waals surface area contributed by atoms with Gasteiger partial charge in [-0.05, 0) is 46.3 Å². The highest BCUT2D eigenvalue weighted by molar-refractivity contribution is 9.10. The van der Waals surface area contributed by atoms with Gasteiger partial charge >= 0.3 is 0 Å². The Morgan fingerprint density at radius 3 is 2.40 bits per heavy atom. The predicted octanol–water partition coefficient (Wildman–Crippen LogP) is 3.54. The third-order valence-corrected chi connectivity index (χ3v) is 3.42. The van der Waals surface area contributed by atoms with Crippen LogP contribution >= 0.6 is 28.1 Å². The summed E-state index contributed by atoms with van der Waals surface area (Å²) in [6.45, 7) is 0.938. The van der Waals surface area contributed by atoms with Crippen molar-refractivity contribution < 1.29 is 9.47 Å². The zero-order valence-corrected chi connectivity index (χ0v) is 13.1. The van der Waals surface area contributed by atoms with Gasteiger partial charge in [-0.3, -0.25) is 0 Å². The highest BCUT2D eigenvalue weighted by Gasteiger charge is 2.04. The molecule has 0 amide bonds. The molecule has 0 saturated carbocycles. The molecule has 0 bridgehead atoms. The summed E-state index contributed by atoms with van der Waals surface area (Å²) in [5, 5.41) is 0. The van der Waals surface area contributed by atoms with Crippen molar-refractivity contribution in [3.63, 3.8) is 0 Å². The van der Waals surface area contributed by atoms with Crippen molar-refractivity contribution in [1.82, 2.24) is 0 Å². The summed E-state index contributed by atoms with van der Waals surface area (Å²) in [6.07, 6.45) is 0. The summed E-state index contributed by atoms with van der Waals surface area (Å²) >= 11 is 8.35. The fourth-order valence-corrected chi connectivity index (χ4v) is 2.22. The summed E-state index contributed by atoms with van der Waals surface area (Å²) in [5.74, 6) is 1.57. The van der Waals surface area contributed by atoms with Crippen LogP contribution in [0.1, 0.15) is 5.56 Å². The van der Waals surface area contributed by atoms with Crippen LogP contribution < -0.4 is 15.2 Å². The fraction of sp³-hybridized carbons (Fsp3) is 0.133. The van der Waals surface area contributed by atoms with E-state index in [1.54, 1.807) is 0 Å². The summed E-state index contributed by atoms with van der Waals surface area (Å²) < 4.78 is 12.0. The van der Waals surface area contributed by atoms with E-state index in [1.165, 1.54) is 0 Å². The molecule has 0 heterocycles. The molecule has 2 rings (SSSR count). The van der Waals surface area contributed by atoms with Gasteiger partial charge < -0.3 is 15.2 Å². The fourth-order valence-electron chi connectivity index (χ4n) is 1.60. The molecule has 2 aromatic carbocycles.